The maximum absolute atomic E-state index is 11.5. The Morgan fingerprint density at radius 3 is 2.47 bits per heavy atom. The molecular weight excluding hydrogens is 246 g/mol. The summed E-state index contributed by atoms with van der Waals surface area (Å²) < 4.78 is 5.22. The Kier molecular flexibility index (Phi) is 3.55. The zero-order valence-electron chi connectivity index (χ0n) is 10.7. The molecule has 2 atom stereocenters. The molecule has 0 radical (unpaired) electrons. The molecule has 1 heterocycles. The van der Waals surface area contributed by atoms with Gasteiger partial charge in [0.1, 0.15) is 12.1 Å². The highest BCUT2D eigenvalue weighted by molar-refractivity contribution is 5.90. The Balaban J connectivity index is 2.36. The number of nitrogens with zero attached hydrogens (tertiary/aromatic N) is 1. The predicted molar refractivity (Wildman–Crippen MR) is 68.6 cm³/mol. The Labute approximate surface area is 111 Å². The topological polar surface area (TPSA) is 66.8 Å². The summed E-state index contributed by atoms with van der Waals surface area (Å²) in [4.78, 5) is 23.8. The van der Waals surface area contributed by atoms with Crippen molar-refractivity contribution in [1.82, 2.24) is 4.90 Å². The van der Waals surface area contributed by atoms with Gasteiger partial charge in [0.2, 0.25) is 0 Å². The largest absolute Gasteiger partial charge is 0.465 e. The predicted octanol–water partition coefficient (Wildman–Crippen LogP) is 2.21. The van der Waals surface area contributed by atoms with Gasteiger partial charge in [-0.2, -0.15) is 0 Å². The number of carbonyl (C=O) groups excluding carboxylic acids is 1. The van der Waals surface area contributed by atoms with Crippen LogP contribution in [-0.2, 0) is 9.53 Å². The number of esters is 1. The minimum atomic E-state index is -1.07. The van der Waals surface area contributed by atoms with Gasteiger partial charge in [-0.05, 0) is 18.6 Å². The summed E-state index contributed by atoms with van der Waals surface area (Å²) in [7, 11) is 1.47. The molecule has 5 heteroatoms. The maximum Gasteiger partial charge on any atom is 0.407 e. The van der Waals surface area contributed by atoms with Crippen LogP contribution in [0.5, 0.6) is 0 Å². The standard InChI is InChI=1S/C14H15NO4/c1-9-8-11(19-13(9)16)12(15(2)14(17)18)10-6-4-3-5-7-10/h3-8,11-12H,1-2H3,(H,17,18). The quantitative estimate of drug-likeness (QED) is 0.847. The number of hydrogen-bond donors (Lipinski definition) is 1. The molecule has 1 aromatic rings. The molecule has 100 valence electrons. The van der Waals surface area contributed by atoms with Gasteiger partial charge in [-0.15, -0.1) is 0 Å². The second-order valence-corrected chi connectivity index (χ2v) is 4.47. The van der Waals surface area contributed by atoms with Crippen LogP contribution in [0.3, 0.4) is 0 Å². The van der Waals surface area contributed by atoms with Crippen molar-refractivity contribution in [2.24, 2.45) is 0 Å². The zero-order chi connectivity index (χ0) is 14.0. The van der Waals surface area contributed by atoms with Crippen LogP contribution in [-0.4, -0.2) is 35.2 Å². The van der Waals surface area contributed by atoms with Crippen molar-refractivity contribution in [1.29, 1.82) is 0 Å². The number of carbonyl (C=O) groups is 2. The second kappa shape index (κ2) is 5.14. The number of hydrogen-bond acceptors (Lipinski definition) is 3. The number of ether oxygens (including phenoxy) is 1. The van der Waals surface area contributed by atoms with Gasteiger partial charge >= 0.3 is 12.1 Å². The fourth-order valence-corrected chi connectivity index (χ4v) is 2.12. The van der Waals surface area contributed by atoms with Gasteiger partial charge in [-0.1, -0.05) is 30.3 Å². The van der Waals surface area contributed by atoms with E-state index in [0.717, 1.165) is 10.5 Å². The molecule has 0 spiro atoms. The molecule has 0 bridgehead atoms. The Hall–Kier alpha value is -2.30. The van der Waals surface area contributed by atoms with Gasteiger partial charge in [0.05, 0.1) is 0 Å². The molecule has 1 aliphatic heterocycles. The number of likely N-dealkylation sites (N-methyl/N-ethyl adjacent to an activating group) is 1. The molecule has 1 aliphatic rings. The van der Waals surface area contributed by atoms with Crippen molar-refractivity contribution < 1.29 is 19.4 Å². The molecule has 0 aromatic heterocycles. The van der Waals surface area contributed by atoms with Crippen LogP contribution in [0.1, 0.15) is 18.5 Å². The van der Waals surface area contributed by atoms with Gasteiger partial charge in [-0.25, -0.2) is 9.59 Å². The van der Waals surface area contributed by atoms with E-state index in [1.54, 1.807) is 13.0 Å². The van der Waals surface area contributed by atoms with Gasteiger partial charge < -0.3 is 14.7 Å². The lowest BCUT2D eigenvalue weighted by Gasteiger charge is -2.29. The molecule has 19 heavy (non-hydrogen) atoms. The average Bonchev–Trinajstić information content (AvgIpc) is 2.70. The third-order valence-corrected chi connectivity index (χ3v) is 3.15. The second-order valence-electron chi connectivity index (χ2n) is 4.47. The van der Waals surface area contributed by atoms with Crippen molar-refractivity contribution in [3.8, 4) is 0 Å². The Morgan fingerprint density at radius 1 is 1.37 bits per heavy atom. The van der Waals surface area contributed by atoms with E-state index in [4.69, 9.17) is 4.74 Å². The fourth-order valence-electron chi connectivity index (χ4n) is 2.12. The highest BCUT2D eigenvalue weighted by Crippen LogP contribution is 2.30. The van der Waals surface area contributed by atoms with Crippen LogP contribution >= 0.6 is 0 Å². The van der Waals surface area contributed by atoms with Crippen LogP contribution in [0.4, 0.5) is 4.79 Å². The van der Waals surface area contributed by atoms with E-state index in [1.165, 1.54) is 7.05 Å². The summed E-state index contributed by atoms with van der Waals surface area (Å²) in [5.41, 5.74) is 1.29. The van der Waals surface area contributed by atoms with Crippen LogP contribution in [0, 0.1) is 0 Å². The molecule has 2 rings (SSSR count). The lowest BCUT2D eigenvalue weighted by molar-refractivity contribution is -0.141. The summed E-state index contributed by atoms with van der Waals surface area (Å²) in [6.07, 6.45) is 0.0123. The normalized spacial score (nSPS) is 19.6. The van der Waals surface area contributed by atoms with E-state index in [1.807, 2.05) is 30.3 Å². The number of rotatable bonds is 3. The van der Waals surface area contributed by atoms with Crippen LogP contribution in [0.15, 0.2) is 42.0 Å². The molecule has 0 fully saturated rings. The molecule has 2 unspecified atom stereocenters. The van der Waals surface area contributed by atoms with Crippen LogP contribution in [0.25, 0.3) is 0 Å². The minimum Gasteiger partial charge on any atom is -0.465 e. The maximum atomic E-state index is 11.5. The number of cyclic esters (lactones) is 1. The van der Waals surface area contributed by atoms with Crippen LogP contribution in [0.2, 0.25) is 0 Å². The van der Waals surface area contributed by atoms with Crippen molar-refractivity contribution in [3.63, 3.8) is 0 Å². The van der Waals surface area contributed by atoms with Crippen molar-refractivity contribution >= 4 is 12.1 Å². The molecular formula is C14H15NO4. The number of benzene rings is 1. The average molecular weight is 261 g/mol. The first kappa shape index (κ1) is 13.1. The van der Waals surface area contributed by atoms with E-state index < -0.39 is 24.2 Å². The Morgan fingerprint density at radius 2 is 2.00 bits per heavy atom. The number of carboxylic acid groups (broad SMARTS) is 1. The van der Waals surface area contributed by atoms with Gasteiger partial charge in [-0.3, -0.25) is 0 Å². The first-order valence-corrected chi connectivity index (χ1v) is 5.91. The summed E-state index contributed by atoms with van der Waals surface area (Å²) >= 11 is 0. The van der Waals surface area contributed by atoms with Gasteiger partial charge in [0.15, 0.2) is 0 Å². The molecule has 1 N–H and O–H groups in total. The first-order valence-electron chi connectivity index (χ1n) is 5.91. The van der Waals surface area contributed by atoms with Crippen molar-refractivity contribution in [2.45, 2.75) is 19.1 Å². The Bertz CT molecular complexity index is 524. The first-order chi connectivity index (χ1) is 9.00. The lowest BCUT2D eigenvalue weighted by Crippen LogP contribution is -2.37. The SMILES string of the molecule is CC1=CC(C(c2ccccc2)N(C)C(=O)O)OC1=O. The van der Waals surface area contributed by atoms with Crippen molar-refractivity contribution in [2.75, 3.05) is 7.05 Å². The van der Waals surface area contributed by atoms with E-state index in [9.17, 15) is 14.7 Å². The zero-order valence-corrected chi connectivity index (χ0v) is 10.7. The monoisotopic (exact) mass is 261 g/mol. The lowest BCUT2D eigenvalue weighted by atomic mass is 10.00. The van der Waals surface area contributed by atoms with Gasteiger partial charge in [0, 0.05) is 12.6 Å². The minimum absolute atomic E-state index is 0.398. The van der Waals surface area contributed by atoms with E-state index in [2.05, 4.69) is 0 Å². The molecule has 0 saturated carbocycles. The van der Waals surface area contributed by atoms with E-state index in [0.29, 0.717) is 5.57 Å². The molecule has 1 aromatic carbocycles. The summed E-state index contributed by atoms with van der Waals surface area (Å²) in [6.45, 7) is 1.66. The molecule has 5 nitrogen and oxygen atoms in total. The molecule has 0 aliphatic carbocycles. The highest BCUT2D eigenvalue weighted by Gasteiger charge is 2.35. The highest BCUT2D eigenvalue weighted by atomic mass is 16.5. The van der Waals surface area contributed by atoms with E-state index in [-0.39, 0.29) is 0 Å². The fraction of sp³-hybridized carbons (Fsp3) is 0.286. The molecule has 1 amide bonds. The summed E-state index contributed by atoms with van der Waals surface area (Å²) in [5.74, 6) is -0.398. The summed E-state index contributed by atoms with van der Waals surface area (Å²) in [6, 6.07) is 8.60. The van der Waals surface area contributed by atoms with Crippen LogP contribution < -0.4 is 0 Å². The third kappa shape index (κ3) is 2.59. The van der Waals surface area contributed by atoms with Gasteiger partial charge in [0.25, 0.3) is 0 Å². The van der Waals surface area contributed by atoms with E-state index >= 15 is 0 Å². The number of amides is 1. The smallest absolute Gasteiger partial charge is 0.407 e. The summed E-state index contributed by atoms with van der Waals surface area (Å²) in [5, 5.41) is 9.17. The van der Waals surface area contributed by atoms with Crippen molar-refractivity contribution in [3.05, 3.63) is 47.5 Å². The third-order valence-electron chi connectivity index (χ3n) is 3.15. The molecule has 0 saturated heterocycles.